The fourth-order valence-electron chi connectivity index (χ4n) is 4.26. The van der Waals surface area contributed by atoms with Crippen LogP contribution in [0.3, 0.4) is 0 Å². The molecular weight excluding hydrogens is 451 g/mol. The zero-order valence-electron chi connectivity index (χ0n) is 17.8. The molecule has 3 aromatic rings. The molecule has 0 aromatic carbocycles. The highest BCUT2D eigenvalue weighted by atomic mass is 19.3. The van der Waals surface area contributed by atoms with Gasteiger partial charge < -0.3 is 15.4 Å². The molecule has 0 saturated heterocycles. The molecule has 1 aliphatic carbocycles. The largest absolute Gasteiger partial charge is 0.432 e. The fraction of sp³-hybridized carbons (Fsp3) is 0.318. The van der Waals surface area contributed by atoms with Crippen LogP contribution in [0.2, 0.25) is 0 Å². The second kappa shape index (κ2) is 9.12. The Morgan fingerprint density at radius 3 is 2.59 bits per heavy atom. The van der Waals surface area contributed by atoms with Gasteiger partial charge in [0.15, 0.2) is 5.75 Å². The number of pyridine rings is 2. The molecule has 2 atom stereocenters. The molecule has 0 unspecified atom stereocenters. The van der Waals surface area contributed by atoms with Gasteiger partial charge in [-0.3, -0.25) is 9.69 Å². The molecule has 1 amide bonds. The number of hydrogen-bond acceptors (Lipinski definition) is 8. The zero-order valence-corrected chi connectivity index (χ0v) is 17.8. The van der Waals surface area contributed by atoms with E-state index in [1.54, 1.807) is 18.3 Å². The Hall–Kier alpha value is -3.96. The van der Waals surface area contributed by atoms with Crippen molar-refractivity contribution in [1.29, 1.82) is 0 Å². The van der Waals surface area contributed by atoms with Crippen molar-refractivity contribution in [2.75, 3.05) is 15.5 Å². The highest BCUT2D eigenvalue weighted by Crippen LogP contribution is 2.33. The van der Waals surface area contributed by atoms with Gasteiger partial charge in [0.25, 0.3) is 5.91 Å². The van der Waals surface area contributed by atoms with Crippen molar-refractivity contribution in [3.63, 3.8) is 0 Å². The lowest BCUT2D eigenvalue weighted by atomic mass is 10.2. The normalized spacial score (nSPS) is 19.4. The Labute approximate surface area is 192 Å². The standard InChI is InChI=1S/C22H20F3N7O2/c23-13-6-12-11-32(20(33)18(12)27-8-13)17-2-1-5-26-19(17)30-14-3-4-15(7-14)31-22-28-9-16(10-29-22)34-21(24)25/h1-2,5-6,8-10,14-15,21H,3-4,7,11H2,(H,26,30)(H,28,29,31)/t14-,15-/m0/s1. The fourth-order valence-corrected chi connectivity index (χ4v) is 4.26. The van der Waals surface area contributed by atoms with E-state index in [4.69, 9.17) is 0 Å². The van der Waals surface area contributed by atoms with Crippen LogP contribution >= 0.6 is 0 Å². The second-order valence-corrected chi connectivity index (χ2v) is 8.04. The Morgan fingerprint density at radius 2 is 1.82 bits per heavy atom. The summed E-state index contributed by atoms with van der Waals surface area (Å²) in [5.41, 5.74) is 1.38. The minimum absolute atomic E-state index is 0.0661. The Balaban J connectivity index is 1.23. The number of anilines is 3. The number of ether oxygens (including phenoxy) is 1. The summed E-state index contributed by atoms with van der Waals surface area (Å²) in [5.74, 6) is -0.00717. The monoisotopic (exact) mass is 471 g/mol. The average Bonchev–Trinajstić information content (AvgIpc) is 3.38. The van der Waals surface area contributed by atoms with Crippen LogP contribution in [0, 0.1) is 5.82 Å². The molecule has 9 nitrogen and oxygen atoms in total. The second-order valence-electron chi connectivity index (χ2n) is 8.04. The molecule has 1 saturated carbocycles. The first-order valence-corrected chi connectivity index (χ1v) is 10.7. The van der Waals surface area contributed by atoms with Crippen molar-refractivity contribution in [3.8, 4) is 5.75 Å². The lowest BCUT2D eigenvalue weighted by Gasteiger charge is -2.22. The number of aromatic nitrogens is 4. The molecular formula is C22H20F3N7O2. The summed E-state index contributed by atoms with van der Waals surface area (Å²) >= 11 is 0. The van der Waals surface area contributed by atoms with Crippen LogP contribution in [0.1, 0.15) is 35.3 Å². The smallest absolute Gasteiger partial charge is 0.387 e. The van der Waals surface area contributed by atoms with Gasteiger partial charge in [0.05, 0.1) is 30.8 Å². The van der Waals surface area contributed by atoms with Gasteiger partial charge in [-0.2, -0.15) is 8.78 Å². The summed E-state index contributed by atoms with van der Waals surface area (Å²) in [5, 5.41) is 6.60. The van der Waals surface area contributed by atoms with Crippen LogP contribution in [0.15, 0.2) is 43.0 Å². The number of nitrogens with zero attached hydrogens (tertiary/aromatic N) is 5. The van der Waals surface area contributed by atoms with Crippen LogP contribution in [-0.2, 0) is 6.54 Å². The van der Waals surface area contributed by atoms with Gasteiger partial charge in [0, 0.05) is 23.8 Å². The zero-order chi connectivity index (χ0) is 23.7. The topological polar surface area (TPSA) is 105 Å². The molecule has 0 bridgehead atoms. The minimum Gasteiger partial charge on any atom is -0.432 e. The summed E-state index contributed by atoms with van der Waals surface area (Å²) < 4.78 is 42.3. The van der Waals surface area contributed by atoms with Gasteiger partial charge in [0.2, 0.25) is 5.95 Å². The van der Waals surface area contributed by atoms with Gasteiger partial charge >= 0.3 is 6.61 Å². The number of fused-ring (bicyclic) bond motifs is 1. The molecule has 2 aliphatic rings. The maximum Gasteiger partial charge on any atom is 0.387 e. The lowest BCUT2D eigenvalue weighted by molar-refractivity contribution is -0.0503. The molecule has 34 heavy (non-hydrogen) atoms. The molecule has 0 spiro atoms. The van der Waals surface area contributed by atoms with Crippen LogP contribution in [0.5, 0.6) is 5.75 Å². The number of carbonyl (C=O) groups is 1. The lowest BCUT2D eigenvalue weighted by Crippen LogP contribution is -2.27. The molecule has 3 aromatic heterocycles. The number of carbonyl (C=O) groups excluding carboxylic acids is 1. The van der Waals surface area contributed by atoms with E-state index in [0.29, 0.717) is 23.0 Å². The van der Waals surface area contributed by atoms with E-state index in [0.717, 1.165) is 25.5 Å². The summed E-state index contributed by atoms with van der Waals surface area (Å²) in [4.78, 5) is 30.8. The highest BCUT2D eigenvalue weighted by molar-refractivity contribution is 6.09. The SMILES string of the molecule is O=C1c2ncc(F)cc2CN1c1cccnc1N[C@H]1CC[C@H](Nc2ncc(OC(F)F)cn2)C1. The minimum atomic E-state index is -2.93. The number of nitrogens with one attached hydrogen (secondary N) is 2. The summed E-state index contributed by atoms with van der Waals surface area (Å²) in [6.07, 6.45) is 7.46. The first-order chi connectivity index (χ1) is 16.5. The molecule has 1 fully saturated rings. The molecule has 5 rings (SSSR count). The maximum absolute atomic E-state index is 13.6. The number of hydrogen-bond donors (Lipinski definition) is 2. The third-order valence-corrected chi connectivity index (χ3v) is 5.75. The molecule has 176 valence electrons. The third kappa shape index (κ3) is 4.56. The van der Waals surface area contributed by atoms with Crippen molar-refractivity contribution in [3.05, 3.63) is 60.1 Å². The van der Waals surface area contributed by atoms with Gasteiger partial charge in [-0.1, -0.05) is 0 Å². The highest BCUT2D eigenvalue weighted by Gasteiger charge is 2.33. The molecule has 0 radical (unpaired) electrons. The number of amides is 1. The number of alkyl halides is 2. The van der Waals surface area contributed by atoms with Gasteiger partial charge in [-0.15, -0.1) is 0 Å². The molecule has 12 heteroatoms. The van der Waals surface area contributed by atoms with Gasteiger partial charge in [-0.25, -0.2) is 24.3 Å². The van der Waals surface area contributed by atoms with Crippen LogP contribution in [0.25, 0.3) is 0 Å². The van der Waals surface area contributed by atoms with E-state index >= 15 is 0 Å². The predicted molar refractivity (Wildman–Crippen MR) is 116 cm³/mol. The first-order valence-electron chi connectivity index (χ1n) is 10.7. The molecule has 1 aliphatic heterocycles. The van der Waals surface area contributed by atoms with E-state index in [1.165, 1.54) is 23.4 Å². The molecule has 2 N–H and O–H groups in total. The first kappa shape index (κ1) is 21.9. The quantitative estimate of drug-likeness (QED) is 0.539. The van der Waals surface area contributed by atoms with Gasteiger partial charge in [0.1, 0.15) is 17.3 Å². The van der Waals surface area contributed by atoms with Crippen molar-refractivity contribution < 1.29 is 22.7 Å². The van der Waals surface area contributed by atoms with E-state index in [9.17, 15) is 18.0 Å². The van der Waals surface area contributed by atoms with E-state index in [-0.39, 0.29) is 36.0 Å². The van der Waals surface area contributed by atoms with Crippen molar-refractivity contribution in [2.45, 2.75) is 44.5 Å². The van der Waals surface area contributed by atoms with Crippen LogP contribution in [0.4, 0.5) is 30.6 Å². The Bertz CT molecular complexity index is 1200. The number of rotatable bonds is 7. The summed E-state index contributed by atoms with van der Waals surface area (Å²) in [6, 6.07) is 4.99. The third-order valence-electron chi connectivity index (χ3n) is 5.75. The van der Waals surface area contributed by atoms with Crippen molar-refractivity contribution in [2.24, 2.45) is 0 Å². The Kier molecular flexibility index (Phi) is 5.86. The van der Waals surface area contributed by atoms with E-state index in [1.807, 2.05) is 0 Å². The van der Waals surface area contributed by atoms with E-state index < -0.39 is 12.4 Å². The maximum atomic E-state index is 13.6. The van der Waals surface area contributed by atoms with Gasteiger partial charge in [-0.05, 0) is 37.5 Å². The predicted octanol–water partition coefficient (Wildman–Crippen LogP) is 3.61. The van der Waals surface area contributed by atoms with E-state index in [2.05, 4.69) is 35.3 Å². The van der Waals surface area contributed by atoms with Crippen molar-refractivity contribution >= 4 is 23.4 Å². The van der Waals surface area contributed by atoms with Crippen LogP contribution in [-0.4, -0.2) is 44.5 Å². The van der Waals surface area contributed by atoms with Crippen LogP contribution < -0.4 is 20.3 Å². The van der Waals surface area contributed by atoms with Crippen molar-refractivity contribution in [1.82, 2.24) is 19.9 Å². The number of halogens is 3. The summed E-state index contributed by atoms with van der Waals surface area (Å²) in [7, 11) is 0. The Morgan fingerprint density at radius 1 is 1.06 bits per heavy atom. The average molecular weight is 471 g/mol. The summed E-state index contributed by atoms with van der Waals surface area (Å²) in [6.45, 7) is -2.71. The molecule has 4 heterocycles.